The van der Waals surface area contributed by atoms with Crippen LogP contribution in [0.1, 0.15) is 18.1 Å². The highest BCUT2D eigenvalue weighted by Gasteiger charge is 1.97. The zero-order chi connectivity index (χ0) is 14.9. The van der Waals surface area contributed by atoms with E-state index < -0.39 is 0 Å². The molecule has 1 amide bonds. The fourth-order valence-corrected chi connectivity index (χ4v) is 1.86. The van der Waals surface area contributed by atoms with Crippen molar-refractivity contribution in [2.24, 2.45) is 0 Å². The van der Waals surface area contributed by atoms with Crippen LogP contribution in [-0.2, 0) is 11.3 Å². The second-order valence-corrected chi connectivity index (χ2v) is 4.54. The Bertz CT molecular complexity index is 588. The molecule has 3 nitrogen and oxygen atoms in total. The summed E-state index contributed by atoms with van der Waals surface area (Å²) in [6.45, 7) is 3.13. The van der Waals surface area contributed by atoms with Crippen molar-refractivity contribution in [2.75, 3.05) is 6.61 Å². The summed E-state index contributed by atoms with van der Waals surface area (Å²) in [6.07, 6.45) is 3.33. The minimum Gasteiger partial charge on any atom is -0.494 e. The van der Waals surface area contributed by atoms with Crippen molar-refractivity contribution in [2.45, 2.75) is 13.5 Å². The van der Waals surface area contributed by atoms with Gasteiger partial charge in [-0.05, 0) is 36.3 Å². The van der Waals surface area contributed by atoms with E-state index in [-0.39, 0.29) is 5.91 Å². The molecule has 2 rings (SSSR count). The third-order valence-electron chi connectivity index (χ3n) is 2.93. The molecule has 0 heterocycles. The number of amides is 1. The molecule has 0 atom stereocenters. The van der Waals surface area contributed by atoms with Crippen LogP contribution in [0.15, 0.2) is 60.7 Å². The molecule has 0 radical (unpaired) electrons. The first-order valence-electron chi connectivity index (χ1n) is 7.00. The fourth-order valence-electron chi connectivity index (χ4n) is 1.86. The molecule has 2 aromatic carbocycles. The number of rotatable bonds is 6. The number of hydrogen-bond acceptors (Lipinski definition) is 2. The smallest absolute Gasteiger partial charge is 0.244 e. The molecule has 0 spiro atoms. The molecule has 21 heavy (non-hydrogen) atoms. The monoisotopic (exact) mass is 281 g/mol. The number of hydrogen-bond donors (Lipinski definition) is 1. The van der Waals surface area contributed by atoms with Crippen molar-refractivity contribution >= 4 is 12.0 Å². The maximum Gasteiger partial charge on any atom is 0.244 e. The van der Waals surface area contributed by atoms with Crippen LogP contribution in [0.2, 0.25) is 0 Å². The molecule has 2 aromatic rings. The van der Waals surface area contributed by atoms with Gasteiger partial charge in [-0.25, -0.2) is 0 Å². The average molecular weight is 281 g/mol. The summed E-state index contributed by atoms with van der Waals surface area (Å²) >= 11 is 0. The first kappa shape index (κ1) is 14.9. The fraction of sp³-hybridized carbons (Fsp3) is 0.167. The predicted molar refractivity (Wildman–Crippen MR) is 84.9 cm³/mol. The van der Waals surface area contributed by atoms with Crippen LogP contribution in [0.5, 0.6) is 5.75 Å². The van der Waals surface area contributed by atoms with E-state index >= 15 is 0 Å². The normalized spacial score (nSPS) is 10.5. The maximum atomic E-state index is 11.7. The lowest BCUT2D eigenvalue weighted by atomic mass is 10.2. The highest BCUT2D eigenvalue weighted by atomic mass is 16.5. The van der Waals surface area contributed by atoms with E-state index in [1.807, 2.05) is 61.5 Å². The Morgan fingerprint density at radius 2 is 1.81 bits per heavy atom. The zero-order valence-corrected chi connectivity index (χ0v) is 12.1. The van der Waals surface area contributed by atoms with Crippen molar-refractivity contribution in [3.8, 4) is 5.75 Å². The Kier molecular flexibility index (Phi) is 5.59. The van der Waals surface area contributed by atoms with E-state index in [2.05, 4.69) is 5.32 Å². The lowest BCUT2D eigenvalue weighted by Gasteiger charge is -2.03. The zero-order valence-electron chi connectivity index (χ0n) is 12.1. The molecule has 0 saturated heterocycles. The van der Waals surface area contributed by atoms with E-state index in [9.17, 15) is 4.79 Å². The van der Waals surface area contributed by atoms with Gasteiger partial charge in [0.05, 0.1) is 6.61 Å². The summed E-state index contributed by atoms with van der Waals surface area (Å²) < 4.78 is 5.37. The van der Waals surface area contributed by atoms with Crippen LogP contribution in [0.3, 0.4) is 0 Å². The van der Waals surface area contributed by atoms with Crippen molar-refractivity contribution in [1.82, 2.24) is 5.32 Å². The molecule has 0 fully saturated rings. The molecule has 3 heteroatoms. The van der Waals surface area contributed by atoms with Gasteiger partial charge in [-0.1, -0.05) is 42.5 Å². The Balaban J connectivity index is 1.84. The molecule has 0 aromatic heterocycles. The second-order valence-electron chi connectivity index (χ2n) is 4.54. The van der Waals surface area contributed by atoms with Crippen LogP contribution < -0.4 is 10.1 Å². The van der Waals surface area contributed by atoms with Gasteiger partial charge in [-0.3, -0.25) is 4.79 Å². The average Bonchev–Trinajstić information content (AvgIpc) is 2.53. The molecule has 0 aliphatic heterocycles. The Hall–Kier alpha value is -2.55. The third kappa shape index (κ3) is 5.15. The van der Waals surface area contributed by atoms with Crippen LogP contribution in [0.25, 0.3) is 6.08 Å². The van der Waals surface area contributed by atoms with Gasteiger partial charge in [0.2, 0.25) is 5.91 Å². The second kappa shape index (κ2) is 7.90. The molecule has 0 bridgehead atoms. The quantitative estimate of drug-likeness (QED) is 0.824. The lowest BCUT2D eigenvalue weighted by molar-refractivity contribution is -0.116. The standard InChI is InChI=1S/C18H19NO2/c1-2-21-17-11-8-15(9-12-17)10-13-18(20)19-14-16-6-4-3-5-7-16/h3-13H,2,14H2,1H3,(H,19,20). The molecule has 0 aliphatic rings. The minimum atomic E-state index is -0.104. The van der Waals surface area contributed by atoms with Gasteiger partial charge in [-0.2, -0.15) is 0 Å². The SMILES string of the molecule is CCOc1ccc(C=CC(=O)NCc2ccccc2)cc1. The summed E-state index contributed by atoms with van der Waals surface area (Å²) in [5.41, 5.74) is 2.05. The van der Waals surface area contributed by atoms with E-state index in [0.717, 1.165) is 16.9 Å². The van der Waals surface area contributed by atoms with Crippen molar-refractivity contribution in [3.63, 3.8) is 0 Å². The first-order chi connectivity index (χ1) is 10.3. The highest BCUT2D eigenvalue weighted by Crippen LogP contribution is 2.12. The van der Waals surface area contributed by atoms with Gasteiger partial charge in [0.25, 0.3) is 0 Å². The number of nitrogens with one attached hydrogen (secondary N) is 1. The molecular formula is C18H19NO2. The van der Waals surface area contributed by atoms with Crippen LogP contribution in [0.4, 0.5) is 0 Å². The van der Waals surface area contributed by atoms with Gasteiger partial charge in [0.1, 0.15) is 5.75 Å². The van der Waals surface area contributed by atoms with Gasteiger partial charge in [0, 0.05) is 12.6 Å². The Morgan fingerprint density at radius 3 is 2.48 bits per heavy atom. The van der Waals surface area contributed by atoms with E-state index in [1.54, 1.807) is 12.2 Å². The van der Waals surface area contributed by atoms with Crippen molar-refractivity contribution in [1.29, 1.82) is 0 Å². The topological polar surface area (TPSA) is 38.3 Å². The maximum absolute atomic E-state index is 11.7. The summed E-state index contributed by atoms with van der Waals surface area (Å²) in [7, 11) is 0. The molecule has 0 unspecified atom stereocenters. The van der Waals surface area contributed by atoms with Crippen LogP contribution in [0, 0.1) is 0 Å². The Labute approximate surface area is 125 Å². The number of ether oxygens (including phenoxy) is 1. The molecule has 1 N–H and O–H groups in total. The van der Waals surface area contributed by atoms with E-state index in [0.29, 0.717) is 13.2 Å². The van der Waals surface area contributed by atoms with Crippen molar-refractivity contribution in [3.05, 3.63) is 71.8 Å². The van der Waals surface area contributed by atoms with Crippen LogP contribution in [-0.4, -0.2) is 12.5 Å². The van der Waals surface area contributed by atoms with E-state index in [4.69, 9.17) is 4.74 Å². The van der Waals surface area contributed by atoms with Crippen molar-refractivity contribution < 1.29 is 9.53 Å². The summed E-state index contributed by atoms with van der Waals surface area (Å²) in [6, 6.07) is 17.5. The minimum absolute atomic E-state index is 0.104. The molecular weight excluding hydrogens is 262 g/mol. The number of carbonyl (C=O) groups excluding carboxylic acids is 1. The van der Waals surface area contributed by atoms with Gasteiger partial charge in [-0.15, -0.1) is 0 Å². The summed E-state index contributed by atoms with van der Waals surface area (Å²) in [5.74, 6) is 0.732. The van der Waals surface area contributed by atoms with E-state index in [1.165, 1.54) is 0 Å². The van der Waals surface area contributed by atoms with Gasteiger partial charge < -0.3 is 10.1 Å². The molecule has 0 saturated carbocycles. The van der Waals surface area contributed by atoms with Gasteiger partial charge >= 0.3 is 0 Å². The Morgan fingerprint density at radius 1 is 1.10 bits per heavy atom. The summed E-state index contributed by atoms with van der Waals surface area (Å²) in [5, 5.41) is 2.85. The first-order valence-corrected chi connectivity index (χ1v) is 7.00. The number of benzene rings is 2. The van der Waals surface area contributed by atoms with Gasteiger partial charge in [0.15, 0.2) is 0 Å². The highest BCUT2D eigenvalue weighted by molar-refractivity contribution is 5.91. The number of carbonyl (C=O) groups is 1. The third-order valence-corrected chi connectivity index (χ3v) is 2.93. The van der Waals surface area contributed by atoms with Crippen LogP contribution >= 0.6 is 0 Å². The largest absolute Gasteiger partial charge is 0.494 e. The molecule has 108 valence electrons. The summed E-state index contributed by atoms with van der Waals surface area (Å²) in [4.78, 5) is 11.7. The molecule has 0 aliphatic carbocycles. The lowest BCUT2D eigenvalue weighted by Crippen LogP contribution is -2.20. The predicted octanol–water partition coefficient (Wildman–Crippen LogP) is 3.41.